The Morgan fingerprint density at radius 1 is 0.933 bits per heavy atom. The van der Waals surface area contributed by atoms with E-state index in [0.29, 0.717) is 0 Å². The second-order valence-electron chi connectivity index (χ2n) is 3.20. The van der Waals surface area contributed by atoms with Crippen molar-refractivity contribution in [3.8, 4) is 0 Å². The molecule has 1 rings (SSSR count). The van der Waals surface area contributed by atoms with Gasteiger partial charge >= 0.3 is 23.1 Å². The topological polar surface area (TPSA) is 23.1 Å². The predicted octanol–water partition coefficient (Wildman–Crippen LogP) is 2.42. The maximum Gasteiger partial charge on any atom is 2.00 e. The minimum atomic E-state index is 0. The summed E-state index contributed by atoms with van der Waals surface area (Å²) >= 11 is 0. The van der Waals surface area contributed by atoms with Crippen molar-refractivity contribution >= 4 is 23.1 Å². The fourth-order valence-corrected chi connectivity index (χ4v) is 1.05. The van der Waals surface area contributed by atoms with Crippen LogP contribution in [0.5, 0.6) is 0 Å². The summed E-state index contributed by atoms with van der Waals surface area (Å²) in [5.74, 6) is 0. The fraction of sp³-hybridized carbons (Fsp3) is 0.538. The normalized spacial score (nSPS) is 8.40. The maximum atomic E-state index is 9.89. The summed E-state index contributed by atoms with van der Waals surface area (Å²) < 4.78 is 0. The fourth-order valence-electron chi connectivity index (χ4n) is 1.05. The van der Waals surface area contributed by atoms with Gasteiger partial charge in [-0.1, -0.05) is 39.0 Å². The van der Waals surface area contributed by atoms with E-state index in [-0.39, 0.29) is 29.7 Å². The monoisotopic (exact) mass is 216 g/mol. The van der Waals surface area contributed by atoms with Gasteiger partial charge in [-0.05, 0) is 0 Å². The second kappa shape index (κ2) is 16.4. The standard InChI is InChI=1S/C7H15O.C6H5.Mg/c1-2-3-4-5-6-7-8;1-2-4-6-5-3-1;/h2-7H2,1H3;1-5H;/q2*-1;+2. The maximum absolute atomic E-state index is 9.89. The van der Waals surface area contributed by atoms with E-state index in [1.54, 1.807) is 0 Å². The molecule has 0 amide bonds. The first-order valence-corrected chi connectivity index (χ1v) is 5.41. The molecule has 2 heteroatoms. The molecule has 0 fully saturated rings. The van der Waals surface area contributed by atoms with Crippen molar-refractivity contribution in [3.05, 3.63) is 36.4 Å². The van der Waals surface area contributed by atoms with Crippen molar-refractivity contribution in [3.63, 3.8) is 0 Å². The van der Waals surface area contributed by atoms with Gasteiger partial charge in [0.2, 0.25) is 0 Å². The molecule has 0 aromatic heterocycles. The van der Waals surface area contributed by atoms with Crippen LogP contribution in [0.2, 0.25) is 0 Å². The zero-order chi connectivity index (χ0) is 10.5. The van der Waals surface area contributed by atoms with Crippen LogP contribution in [0.3, 0.4) is 0 Å². The van der Waals surface area contributed by atoms with Crippen molar-refractivity contribution in [2.45, 2.75) is 39.0 Å². The van der Waals surface area contributed by atoms with E-state index in [2.05, 4.69) is 13.0 Å². The average Bonchev–Trinajstić information content (AvgIpc) is 2.28. The van der Waals surface area contributed by atoms with Gasteiger partial charge in [-0.2, -0.15) is 36.4 Å². The molecule has 0 aliphatic carbocycles. The summed E-state index contributed by atoms with van der Waals surface area (Å²) in [7, 11) is 0. The quantitative estimate of drug-likeness (QED) is 0.421. The molecular weight excluding hydrogens is 196 g/mol. The van der Waals surface area contributed by atoms with Gasteiger partial charge < -0.3 is 5.11 Å². The molecule has 0 saturated carbocycles. The van der Waals surface area contributed by atoms with E-state index >= 15 is 0 Å². The van der Waals surface area contributed by atoms with Gasteiger partial charge in [-0.3, -0.25) is 0 Å². The van der Waals surface area contributed by atoms with Crippen LogP contribution in [-0.2, 0) is 0 Å². The zero-order valence-electron chi connectivity index (χ0n) is 9.74. The van der Waals surface area contributed by atoms with E-state index in [1.165, 1.54) is 19.3 Å². The minimum Gasteiger partial charge on any atom is -0.854 e. The molecule has 0 spiro atoms. The second-order valence-corrected chi connectivity index (χ2v) is 3.20. The first-order chi connectivity index (χ1) is 6.91. The number of unbranched alkanes of at least 4 members (excludes halogenated alkanes) is 4. The molecular formula is C13H20MgO. The van der Waals surface area contributed by atoms with Gasteiger partial charge in [0.15, 0.2) is 0 Å². The number of hydrogen-bond acceptors (Lipinski definition) is 1. The molecule has 80 valence electrons. The molecule has 15 heavy (non-hydrogen) atoms. The number of hydrogen-bond donors (Lipinski definition) is 0. The Bertz CT molecular complexity index is 144. The van der Waals surface area contributed by atoms with Crippen LogP contribution in [0, 0.1) is 6.07 Å². The Labute approximate surface area is 110 Å². The molecule has 0 bridgehead atoms. The summed E-state index contributed by atoms with van der Waals surface area (Å²) in [5, 5.41) is 9.89. The molecule has 0 aliphatic heterocycles. The van der Waals surface area contributed by atoms with Crippen molar-refractivity contribution in [2.24, 2.45) is 0 Å². The van der Waals surface area contributed by atoms with E-state index in [1.807, 2.05) is 30.3 Å². The van der Waals surface area contributed by atoms with Crippen molar-refractivity contribution in [2.75, 3.05) is 6.61 Å². The van der Waals surface area contributed by atoms with Gasteiger partial charge in [0, 0.05) is 0 Å². The Morgan fingerprint density at radius 3 is 1.87 bits per heavy atom. The Balaban J connectivity index is 0. The van der Waals surface area contributed by atoms with Crippen molar-refractivity contribution < 1.29 is 5.11 Å². The summed E-state index contributed by atoms with van der Waals surface area (Å²) in [6.45, 7) is 2.29. The molecule has 0 atom stereocenters. The third-order valence-electron chi connectivity index (χ3n) is 1.86. The van der Waals surface area contributed by atoms with Crippen molar-refractivity contribution in [1.82, 2.24) is 0 Å². The van der Waals surface area contributed by atoms with Gasteiger partial charge in [0.25, 0.3) is 0 Å². The SMILES string of the molecule is CCCCCCC[O-].[Mg+2].[c-]1ccccc1. The van der Waals surface area contributed by atoms with Crippen LogP contribution in [0.15, 0.2) is 30.3 Å². The number of rotatable bonds is 5. The van der Waals surface area contributed by atoms with Crippen LogP contribution in [0.1, 0.15) is 39.0 Å². The zero-order valence-corrected chi connectivity index (χ0v) is 11.2. The van der Waals surface area contributed by atoms with Gasteiger partial charge in [-0.25, -0.2) is 0 Å². The number of benzene rings is 1. The van der Waals surface area contributed by atoms with Crippen LogP contribution in [0.4, 0.5) is 0 Å². The molecule has 1 aromatic rings. The van der Waals surface area contributed by atoms with E-state index in [9.17, 15) is 5.11 Å². The third kappa shape index (κ3) is 16.6. The van der Waals surface area contributed by atoms with Gasteiger partial charge in [0.1, 0.15) is 0 Å². The molecule has 0 unspecified atom stereocenters. The van der Waals surface area contributed by atoms with Crippen LogP contribution in [-0.4, -0.2) is 29.7 Å². The van der Waals surface area contributed by atoms with Gasteiger partial charge in [-0.15, -0.1) is 6.61 Å². The smallest absolute Gasteiger partial charge is 0.854 e. The first-order valence-electron chi connectivity index (χ1n) is 5.41. The third-order valence-corrected chi connectivity index (χ3v) is 1.86. The molecule has 0 aliphatic rings. The Hall–Kier alpha value is -0.0538. The molecule has 1 aromatic carbocycles. The van der Waals surface area contributed by atoms with E-state index in [4.69, 9.17) is 0 Å². The largest absolute Gasteiger partial charge is 2.00 e. The summed E-state index contributed by atoms with van der Waals surface area (Å²) in [4.78, 5) is 0. The summed E-state index contributed by atoms with van der Waals surface area (Å²) in [6, 6.07) is 12.5. The summed E-state index contributed by atoms with van der Waals surface area (Å²) in [6.07, 6.45) is 5.81. The van der Waals surface area contributed by atoms with E-state index < -0.39 is 0 Å². The Kier molecular flexibility index (Phi) is 18.9. The first kappa shape index (κ1) is 17.3. The van der Waals surface area contributed by atoms with Gasteiger partial charge in [0.05, 0.1) is 0 Å². The molecule has 0 saturated heterocycles. The predicted molar refractivity (Wildman–Crippen MR) is 64.7 cm³/mol. The summed E-state index contributed by atoms with van der Waals surface area (Å²) in [5.41, 5.74) is 0. The molecule has 0 heterocycles. The van der Waals surface area contributed by atoms with Crippen LogP contribution >= 0.6 is 0 Å². The van der Waals surface area contributed by atoms with E-state index in [0.717, 1.165) is 12.8 Å². The average molecular weight is 217 g/mol. The van der Waals surface area contributed by atoms with Crippen LogP contribution < -0.4 is 5.11 Å². The molecule has 1 nitrogen and oxygen atoms in total. The minimum absolute atomic E-state index is 0. The Morgan fingerprint density at radius 2 is 1.53 bits per heavy atom. The molecule has 0 N–H and O–H groups in total. The van der Waals surface area contributed by atoms with Crippen molar-refractivity contribution in [1.29, 1.82) is 0 Å². The molecule has 0 radical (unpaired) electrons. The van der Waals surface area contributed by atoms with Crippen LogP contribution in [0.25, 0.3) is 0 Å².